The van der Waals surface area contributed by atoms with Crippen LogP contribution in [0.4, 0.5) is 0 Å². The number of ether oxygens (including phenoxy) is 1. The molecule has 0 fully saturated rings. The Labute approximate surface area is 90.6 Å². The van der Waals surface area contributed by atoms with Crippen molar-refractivity contribution in [3.05, 3.63) is 0 Å². The number of hydrogen-bond donors (Lipinski definition) is 1. The molecule has 0 heterocycles. The fourth-order valence-corrected chi connectivity index (χ4v) is 1.19. The third-order valence-electron chi connectivity index (χ3n) is 2.12. The Morgan fingerprint density at radius 3 is 2.40 bits per heavy atom. The first-order valence-electron chi connectivity index (χ1n) is 5.40. The van der Waals surface area contributed by atoms with Crippen molar-refractivity contribution in [3.8, 4) is 0 Å². The van der Waals surface area contributed by atoms with Crippen LogP contribution in [0.3, 0.4) is 0 Å². The maximum Gasteiger partial charge on any atom is 0.229 e. The highest BCUT2D eigenvalue weighted by molar-refractivity contribution is 6.38. The highest BCUT2D eigenvalue weighted by atomic mass is 16.5. The van der Waals surface area contributed by atoms with Crippen molar-refractivity contribution in [2.24, 2.45) is 0 Å². The summed E-state index contributed by atoms with van der Waals surface area (Å²) in [6, 6.07) is 0. The predicted molar refractivity (Wildman–Crippen MR) is 56.7 cm³/mol. The number of hydrogen-bond acceptors (Lipinski definition) is 4. The SMILES string of the molecule is CCCCCCOC(CO)C(=O)C(C)=O. The average molecular weight is 216 g/mol. The summed E-state index contributed by atoms with van der Waals surface area (Å²) in [4.78, 5) is 21.9. The van der Waals surface area contributed by atoms with Gasteiger partial charge in [0, 0.05) is 13.5 Å². The molecule has 4 nitrogen and oxygen atoms in total. The van der Waals surface area contributed by atoms with Crippen LogP contribution in [0.1, 0.15) is 39.5 Å². The average Bonchev–Trinajstić information content (AvgIpc) is 2.22. The van der Waals surface area contributed by atoms with Crippen molar-refractivity contribution in [3.63, 3.8) is 0 Å². The number of carbonyl (C=O) groups is 2. The van der Waals surface area contributed by atoms with Gasteiger partial charge in [0.15, 0.2) is 5.78 Å². The maximum absolute atomic E-state index is 11.2. The Morgan fingerprint density at radius 1 is 1.27 bits per heavy atom. The zero-order chi connectivity index (χ0) is 11.7. The lowest BCUT2D eigenvalue weighted by Crippen LogP contribution is -2.33. The molecular formula is C11H20O4. The summed E-state index contributed by atoms with van der Waals surface area (Å²) in [5, 5.41) is 8.85. The number of unbranched alkanes of at least 4 members (excludes halogenated alkanes) is 3. The summed E-state index contributed by atoms with van der Waals surface area (Å²) >= 11 is 0. The van der Waals surface area contributed by atoms with Crippen molar-refractivity contribution in [1.82, 2.24) is 0 Å². The standard InChI is InChI=1S/C11H20O4/c1-3-4-5-6-7-15-10(8-12)11(14)9(2)13/h10,12H,3-8H2,1-2H3. The molecular weight excluding hydrogens is 196 g/mol. The summed E-state index contributed by atoms with van der Waals surface area (Å²) in [5.74, 6) is -1.21. The first-order valence-corrected chi connectivity index (χ1v) is 5.40. The number of aliphatic hydroxyl groups is 1. The molecule has 1 unspecified atom stereocenters. The van der Waals surface area contributed by atoms with Gasteiger partial charge in [-0.3, -0.25) is 9.59 Å². The molecule has 0 rings (SSSR count). The first-order chi connectivity index (χ1) is 7.13. The van der Waals surface area contributed by atoms with E-state index in [1.807, 2.05) is 0 Å². The van der Waals surface area contributed by atoms with E-state index in [0.717, 1.165) is 25.7 Å². The predicted octanol–water partition coefficient (Wildman–Crippen LogP) is 1.10. The number of rotatable bonds is 9. The smallest absolute Gasteiger partial charge is 0.229 e. The van der Waals surface area contributed by atoms with E-state index in [4.69, 9.17) is 9.84 Å². The quantitative estimate of drug-likeness (QED) is 0.463. The van der Waals surface area contributed by atoms with Gasteiger partial charge < -0.3 is 9.84 Å². The lowest BCUT2D eigenvalue weighted by molar-refractivity contribution is -0.144. The molecule has 0 amide bonds. The first kappa shape index (κ1) is 14.3. The monoisotopic (exact) mass is 216 g/mol. The van der Waals surface area contributed by atoms with E-state index in [2.05, 4.69) is 6.92 Å². The molecule has 0 aliphatic rings. The number of Topliss-reactive ketones (excluding diaryl/α,β-unsaturated/α-hetero) is 2. The van der Waals surface area contributed by atoms with E-state index in [0.29, 0.717) is 6.61 Å². The van der Waals surface area contributed by atoms with Crippen molar-refractivity contribution in [2.45, 2.75) is 45.6 Å². The van der Waals surface area contributed by atoms with Crippen LogP contribution in [0.5, 0.6) is 0 Å². The van der Waals surface area contributed by atoms with Gasteiger partial charge in [-0.25, -0.2) is 0 Å². The summed E-state index contributed by atoms with van der Waals surface area (Å²) in [7, 11) is 0. The normalized spacial score (nSPS) is 12.5. The number of aliphatic hydroxyl groups excluding tert-OH is 1. The second-order valence-corrected chi connectivity index (χ2v) is 3.52. The van der Waals surface area contributed by atoms with Gasteiger partial charge in [-0.2, -0.15) is 0 Å². The van der Waals surface area contributed by atoms with E-state index in [1.165, 1.54) is 6.92 Å². The van der Waals surface area contributed by atoms with Gasteiger partial charge >= 0.3 is 0 Å². The van der Waals surface area contributed by atoms with E-state index >= 15 is 0 Å². The molecule has 0 aliphatic carbocycles. The fraction of sp³-hybridized carbons (Fsp3) is 0.818. The molecule has 0 aromatic rings. The third kappa shape index (κ3) is 6.36. The van der Waals surface area contributed by atoms with E-state index in [1.54, 1.807) is 0 Å². The highest BCUT2D eigenvalue weighted by Gasteiger charge is 2.21. The zero-order valence-electron chi connectivity index (χ0n) is 9.49. The molecule has 1 atom stereocenters. The molecule has 0 bridgehead atoms. The number of carbonyl (C=O) groups excluding carboxylic acids is 2. The largest absolute Gasteiger partial charge is 0.393 e. The Hall–Kier alpha value is -0.740. The topological polar surface area (TPSA) is 63.6 Å². The maximum atomic E-state index is 11.2. The lowest BCUT2D eigenvalue weighted by atomic mass is 10.2. The molecule has 15 heavy (non-hydrogen) atoms. The Bertz CT molecular complexity index is 201. The van der Waals surface area contributed by atoms with Gasteiger partial charge in [0.05, 0.1) is 6.61 Å². The summed E-state index contributed by atoms with van der Waals surface area (Å²) < 4.78 is 5.14. The molecule has 0 radical (unpaired) electrons. The minimum Gasteiger partial charge on any atom is -0.393 e. The van der Waals surface area contributed by atoms with Crippen LogP contribution in [0.15, 0.2) is 0 Å². The van der Waals surface area contributed by atoms with Gasteiger partial charge in [-0.05, 0) is 6.42 Å². The van der Waals surface area contributed by atoms with E-state index in [9.17, 15) is 9.59 Å². The van der Waals surface area contributed by atoms with Crippen LogP contribution in [0.2, 0.25) is 0 Å². The summed E-state index contributed by atoms with van der Waals surface area (Å²) in [6.07, 6.45) is 3.20. The Balaban J connectivity index is 3.71. The van der Waals surface area contributed by atoms with Crippen LogP contribution >= 0.6 is 0 Å². The Kier molecular flexibility index (Phi) is 8.14. The summed E-state index contributed by atoms with van der Waals surface area (Å²) in [5.41, 5.74) is 0. The molecule has 0 spiro atoms. The number of ketones is 2. The molecule has 0 saturated carbocycles. The van der Waals surface area contributed by atoms with Crippen molar-refractivity contribution >= 4 is 11.6 Å². The van der Waals surface area contributed by atoms with Gasteiger partial charge in [0.25, 0.3) is 0 Å². The van der Waals surface area contributed by atoms with Crippen LogP contribution in [-0.2, 0) is 14.3 Å². The minimum atomic E-state index is -0.968. The zero-order valence-corrected chi connectivity index (χ0v) is 9.49. The molecule has 0 aromatic heterocycles. The Morgan fingerprint density at radius 2 is 1.93 bits per heavy atom. The van der Waals surface area contributed by atoms with Gasteiger partial charge in [-0.1, -0.05) is 26.2 Å². The van der Waals surface area contributed by atoms with Crippen LogP contribution in [0.25, 0.3) is 0 Å². The molecule has 0 aliphatic heterocycles. The van der Waals surface area contributed by atoms with E-state index in [-0.39, 0.29) is 0 Å². The van der Waals surface area contributed by atoms with Crippen molar-refractivity contribution in [2.75, 3.05) is 13.2 Å². The van der Waals surface area contributed by atoms with Crippen LogP contribution < -0.4 is 0 Å². The van der Waals surface area contributed by atoms with Gasteiger partial charge in [0.2, 0.25) is 5.78 Å². The van der Waals surface area contributed by atoms with Gasteiger partial charge in [0.1, 0.15) is 6.10 Å². The van der Waals surface area contributed by atoms with Crippen LogP contribution in [-0.4, -0.2) is 36.0 Å². The molecule has 1 N–H and O–H groups in total. The second-order valence-electron chi connectivity index (χ2n) is 3.52. The van der Waals surface area contributed by atoms with Crippen molar-refractivity contribution < 1.29 is 19.4 Å². The molecule has 0 saturated heterocycles. The molecule has 4 heteroatoms. The van der Waals surface area contributed by atoms with Crippen molar-refractivity contribution in [1.29, 1.82) is 0 Å². The molecule has 88 valence electrons. The van der Waals surface area contributed by atoms with E-state index < -0.39 is 24.3 Å². The van der Waals surface area contributed by atoms with Crippen LogP contribution in [0, 0.1) is 0 Å². The minimum absolute atomic E-state index is 0.421. The highest BCUT2D eigenvalue weighted by Crippen LogP contribution is 2.02. The summed E-state index contributed by atoms with van der Waals surface area (Å²) in [6.45, 7) is 3.29. The fourth-order valence-electron chi connectivity index (χ4n) is 1.19. The third-order valence-corrected chi connectivity index (χ3v) is 2.12. The molecule has 0 aromatic carbocycles. The second kappa shape index (κ2) is 8.56. The lowest BCUT2D eigenvalue weighted by Gasteiger charge is -2.12. The van der Waals surface area contributed by atoms with Gasteiger partial charge in [-0.15, -0.1) is 0 Å².